The van der Waals surface area contributed by atoms with Gasteiger partial charge < -0.3 is 29.7 Å². The van der Waals surface area contributed by atoms with Crippen molar-refractivity contribution in [3.05, 3.63) is 0 Å². The monoisotopic (exact) mass is 666 g/mol. The van der Waals surface area contributed by atoms with Crippen molar-refractivity contribution in [2.24, 2.45) is 51.8 Å². The van der Waals surface area contributed by atoms with E-state index in [1.54, 1.807) is 62.3 Å². The zero-order valence-electron chi connectivity index (χ0n) is 31.5. The molecule has 10 heteroatoms. The molecule has 0 aliphatic carbocycles. The van der Waals surface area contributed by atoms with Crippen molar-refractivity contribution in [3.8, 4) is 0 Å². The molecule has 0 aromatic rings. The molecule has 0 bridgehead atoms. The average molecular weight is 667 g/mol. The average Bonchev–Trinajstić information content (AvgIpc) is 2.84. The fourth-order valence-electron chi connectivity index (χ4n) is 5.92. The van der Waals surface area contributed by atoms with Crippen molar-refractivity contribution >= 4 is 52.6 Å². The summed E-state index contributed by atoms with van der Waals surface area (Å²) in [6.45, 7) is 27.2. The third kappa shape index (κ3) is 13.2. The quantitative estimate of drug-likeness (QED) is 0.156. The fourth-order valence-corrected chi connectivity index (χ4v) is 5.92. The number of aliphatic carboxylic acids is 3. The summed E-state index contributed by atoms with van der Waals surface area (Å²) in [7, 11) is 0. The standard InChI is InChI=1S/3C12H22O3.Al/c3*1-6-12(9(4)5,11(14)15)10(13)7-8(2)3;/h3*8-9H,6-7H2,1-5H3,(H,14,15);/q;;;+3/p-3. The van der Waals surface area contributed by atoms with E-state index in [1.807, 2.05) is 41.5 Å². The van der Waals surface area contributed by atoms with Gasteiger partial charge in [-0.05, 0) is 54.8 Å². The smallest absolute Gasteiger partial charge is 0.549 e. The van der Waals surface area contributed by atoms with Crippen LogP contribution in [0.2, 0.25) is 0 Å². The van der Waals surface area contributed by atoms with Crippen LogP contribution in [0.15, 0.2) is 0 Å². The molecule has 0 saturated heterocycles. The number of rotatable bonds is 18. The molecule has 0 rings (SSSR count). The first-order chi connectivity index (χ1) is 20.4. The Morgan fingerprint density at radius 1 is 0.413 bits per heavy atom. The number of hydrogen-bond donors (Lipinski definition) is 0. The molecule has 0 saturated carbocycles. The largest absolute Gasteiger partial charge is 3.00 e. The fraction of sp³-hybridized carbons (Fsp3) is 0.833. The van der Waals surface area contributed by atoms with E-state index in [-0.39, 0.29) is 70.2 Å². The molecule has 0 N–H and O–H groups in total. The van der Waals surface area contributed by atoms with Crippen LogP contribution in [0.5, 0.6) is 0 Å². The molecule has 3 atom stereocenters. The van der Waals surface area contributed by atoms with Gasteiger partial charge in [0.2, 0.25) is 0 Å². The molecule has 0 radical (unpaired) electrons. The van der Waals surface area contributed by atoms with Crippen LogP contribution in [0.25, 0.3) is 0 Å². The second-order valence-corrected chi connectivity index (χ2v) is 14.4. The van der Waals surface area contributed by atoms with Gasteiger partial charge in [0.25, 0.3) is 0 Å². The third-order valence-corrected chi connectivity index (χ3v) is 9.00. The van der Waals surface area contributed by atoms with Gasteiger partial charge >= 0.3 is 17.4 Å². The zero-order valence-corrected chi connectivity index (χ0v) is 32.6. The van der Waals surface area contributed by atoms with E-state index in [0.717, 1.165) is 0 Å². The first kappa shape index (κ1) is 50.8. The van der Waals surface area contributed by atoms with E-state index in [4.69, 9.17) is 0 Å². The minimum absolute atomic E-state index is 0. The molecule has 0 aromatic heterocycles. The molecule has 0 fully saturated rings. The van der Waals surface area contributed by atoms with Gasteiger partial charge in [-0.15, -0.1) is 0 Å². The summed E-state index contributed by atoms with van der Waals surface area (Å²) in [6, 6.07) is 0. The van der Waals surface area contributed by atoms with E-state index in [0.29, 0.717) is 38.5 Å². The van der Waals surface area contributed by atoms with Crippen LogP contribution >= 0.6 is 0 Å². The van der Waals surface area contributed by atoms with Crippen molar-refractivity contribution in [3.63, 3.8) is 0 Å². The number of carbonyl (C=O) groups excluding carboxylic acids is 6. The van der Waals surface area contributed by atoms with Gasteiger partial charge in [0.05, 0.1) is 34.2 Å². The van der Waals surface area contributed by atoms with Gasteiger partial charge in [-0.1, -0.05) is 104 Å². The van der Waals surface area contributed by atoms with Crippen molar-refractivity contribution < 1.29 is 44.1 Å². The number of carboxylic acids is 3. The van der Waals surface area contributed by atoms with Crippen molar-refractivity contribution in [2.45, 2.75) is 142 Å². The Morgan fingerprint density at radius 2 is 0.565 bits per heavy atom. The van der Waals surface area contributed by atoms with Crippen LogP contribution in [-0.2, 0) is 28.8 Å². The summed E-state index contributed by atoms with van der Waals surface area (Å²) < 4.78 is 0. The van der Waals surface area contributed by atoms with Crippen LogP contribution in [-0.4, -0.2) is 52.6 Å². The van der Waals surface area contributed by atoms with Gasteiger partial charge in [-0.3, -0.25) is 14.4 Å². The number of carboxylic acid groups (broad SMARTS) is 3. The van der Waals surface area contributed by atoms with Crippen molar-refractivity contribution in [1.82, 2.24) is 0 Å². The topological polar surface area (TPSA) is 172 Å². The molecule has 264 valence electrons. The Hall–Kier alpha value is -2.05. The SMILES string of the molecule is CCC(C(=O)[O-])(C(=O)CC(C)C)C(C)C.CCC(C(=O)[O-])(C(=O)CC(C)C)C(C)C.CCC(C(=O)[O-])(C(=O)CC(C)C)C(C)C.[Al+3]. The first-order valence-electron chi connectivity index (χ1n) is 16.6. The molecule has 0 spiro atoms. The molecule has 0 amide bonds. The zero-order chi connectivity index (χ0) is 36.7. The molecule has 0 aliphatic heterocycles. The van der Waals surface area contributed by atoms with E-state index >= 15 is 0 Å². The molecular weight excluding hydrogens is 603 g/mol. The summed E-state index contributed by atoms with van der Waals surface area (Å²) in [5.74, 6) is -4.41. The van der Waals surface area contributed by atoms with E-state index in [2.05, 4.69) is 0 Å². The second kappa shape index (κ2) is 22.5. The Kier molecular flexibility index (Phi) is 24.9. The minimum atomic E-state index is -1.30. The summed E-state index contributed by atoms with van der Waals surface area (Å²) in [4.78, 5) is 69.5. The Bertz CT molecular complexity index is 860. The maximum atomic E-state index is 12.0. The number of ketones is 3. The number of hydrogen-bond acceptors (Lipinski definition) is 9. The van der Waals surface area contributed by atoms with E-state index < -0.39 is 34.2 Å². The summed E-state index contributed by atoms with van der Waals surface area (Å²) in [6.07, 6.45) is 1.83. The molecule has 46 heavy (non-hydrogen) atoms. The predicted molar refractivity (Wildman–Crippen MR) is 177 cm³/mol. The predicted octanol–water partition coefficient (Wildman–Crippen LogP) is 3.83. The van der Waals surface area contributed by atoms with Crippen molar-refractivity contribution in [1.29, 1.82) is 0 Å². The number of carbonyl (C=O) groups is 6. The maximum absolute atomic E-state index is 12.0. The van der Waals surface area contributed by atoms with Crippen LogP contribution in [0.4, 0.5) is 0 Å². The second-order valence-electron chi connectivity index (χ2n) is 14.4. The van der Waals surface area contributed by atoms with Gasteiger partial charge in [-0.25, -0.2) is 0 Å². The summed E-state index contributed by atoms with van der Waals surface area (Å²) in [5.41, 5.74) is -3.90. The maximum Gasteiger partial charge on any atom is 3.00 e. The van der Waals surface area contributed by atoms with Gasteiger partial charge in [0, 0.05) is 19.3 Å². The number of Topliss-reactive ketones (excluding diaryl/α,β-unsaturated/α-hetero) is 3. The molecular formula is C36H63AlO9. The van der Waals surface area contributed by atoms with E-state index in [1.165, 1.54) is 0 Å². The molecule has 0 heterocycles. The normalized spacial score (nSPS) is 15.1. The molecule has 0 aliphatic rings. The third-order valence-electron chi connectivity index (χ3n) is 9.00. The Balaban J connectivity index is -0.000000285. The van der Waals surface area contributed by atoms with Gasteiger partial charge in [0.15, 0.2) is 0 Å². The molecule has 0 aromatic carbocycles. The molecule has 9 nitrogen and oxygen atoms in total. The summed E-state index contributed by atoms with van der Waals surface area (Å²) in [5, 5.41) is 33.6. The van der Waals surface area contributed by atoms with Gasteiger partial charge in [-0.2, -0.15) is 0 Å². The Morgan fingerprint density at radius 3 is 0.630 bits per heavy atom. The molecule has 3 unspecified atom stereocenters. The van der Waals surface area contributed by atoms with Crippen LogP contribution < -0.4 is 15.3 Å². The first-order valence-corrected chi connectivity index (χ1v) is 16.6. The summed E-state index contributed by atoms with van der Waals surface area (Å²) >= 11 is 0. The Labute approximate surface area is 290 Å². The van der Waals surface area contributed by atoms with Crippen LogP contribution in [0.3, 0.4) is 0 Å². The van der Waals surface area contributed by atoms with Gasteiger partial charge in [0.1, 0.15) is 17.3 Å². The van der Waals surface area contributed by atoms with Crippen molar-refractivity contribution in [2.75, 3.05) is 0 Å². The minimum Gasteiger partial charge on any atom is -0.549 e. The van der Waals surface area contributed by atoms with Crippen LogP contribution in [0, 0.1) is 51.8 Å². The van der Waals surface area contributed by atoms with Crippen LogP contribution in [0.1, 0.15) is 142 Å². The van der Waals surface area contributed by atoms with E-state index in [9.17, 15) is 44.1 Å².